The number of hydrogen-bond acceptors (Lipinski definition) is 1. The van der Waals surface area contributed by atoms with E-state index in [0.29, 0.717) is 6.04 Å². The van der Waals surface area contributed by atoms with Crippen LogP contribution in [-0.4, -0.2) is 11.9 Å². The molecule has 1 radical (unpaired) electrons. The van der Waals surface area contributed by atoms with Crippen molar-refractivity contribution in [3.8, 4) is 0 Å². The number of carbonyl (C=O) groups excluding carboxylic acids is 1. The lowest BCUT2D eigenvalue weighted by atomic mass is 9.82. The maximum absolute atomic E-state index is 11.4. The number of rotatable bonds is 1. The van der Waals surface area contributed by atoms with Gasteiger partial charge in [-0.15, -0.1) is 0 Å². The largest absolute Gasteiger partial charge is 0.353 e. The zero-order chi connectivity index (χ0) is 9.80. The molecule has 1 amide bonds. The van der Waals surface area contributed by atoms with E-state index in [9.17, 15) is 4.79 Å². The van der Waals surface area contributed by atoms with Gasteiger partial charge < -0.3 is 5.32 Å². The predicted octanol–water partition coefficient (Wildman–Crippen LogP) is 2.44. The van der Waals surface area contributed by atoms with Crippen molar-refractivity contribution in [1.29, 1.82) is 0 Å². The van der Waals surface area contributed by atoms with Crippen LogP contribution in [0, 0.1) is 12.3 Å². The molecule has 1 N–H and O–H groups in total. The van der Waals surface area contributed by atoms with Crippen molar-refractivity contribution in [2.45, 2.75) is 57.4 Å². The average Bonchev–Trinajstić information content (AvgIpc) is 2.44. The SMILES string of the molecule is O=C1[CH]CCC[C@H](C2CCCCC2)N1. The van der Waals surface area contributed by atoms with E-state index < -0.39 is 0 Å². The van der Waals surface area contributed by atoms with Crippen molar-refractivity contribution in [1.82, 2.24) is 5.32 Å². The molecule has 0 bridgehead atoms. The first-order chi connectivity index (χ1) is 6.86. The van der Waals surface area contributed by atoms with E-state index in [1.807, 2.05) is 6.42 Å². The molecule has 0 spiro atoms. The Kier molecular flexibility index (Phi) is 3.44. The first-order valence-corrected chi connectivity index (χ1v) is 6.00. The molecule has 1 aliphatic carbocycles. The highest BCUT2D eigenvalue weighted by atomic mass is 16.1. The first-order valence-electron chi connectivity index (χ1n) is 6.00. The van der Waals surface area contributed by atoms with E-state index >= 15 is 0 Å². The molecular weight excluding hydrogens is 174 g/mol. The Balaban J connectivity index is 1.90. The van der Waals surface area contributed by atoms with Gasteiger partial charge >= 0.3 is 0 Å². The highest BCUT2D eigenvalue weighted by Gasteiger charge is 2.26. The van der Waals surface area contributed by atoms with Crippen molar-refractivity contribution in [3.63, 3.8) is 0 Å². The number of nitrogens with one attached hydrogen (secondary N) is 1. The minimum atomic E-state index is 0.165. The van der Waals surface area contributed by atoms with Crippen LogP contribution in [0.3, 0.4) is 0 Å². The second kappa shape index (κ2) is 4.81. The number of carbonyl (C=O) groups is 1. The molecule has 2 nitrogen and oxygen atoms in total. The highest BCUT2D eigenvalue weighted by molar-refractivity contribution is 5.85. The highest BCUT2D eigenvalue weighted by Crippen LogP contribution is 2.29. The van der Waals surface area contributed by atoms with Gasteiger partial charge in [-0.2, -0.15) is 0 Å². The lowest BCUT2D eigenvalue weighted by Crippen LogP contribution is -2.39. The zero-order valence-corrected chi connectivity index (χ0v) is 8.80. The molecule has 79 valence electrons. The molecule has 2 heteroatoms. The molecule has 1 saturated carbocycles. The third kappa shape index (κ3) is 2.49. The molecular formula is C12H20NO. The number of hydrogen-bond donors (Lipinski definition) is 1. The molecule has 1 heterocycles. The second-order valence-electron chi connectivity index (χ2n) is 4.65. The van der Waals surface area contributed by atoms with Crippen molar-refractivity contribution >= 4 is 5.91 Å². The van der Waals surface area contributed by atoms with Gasteiger partial charge in [-0.3, -0.25) is 4.79 Å². The Morgan fingerprint density at radius 1 is 1.07 bits per heavy atom. The summed E-state index contributed by atoms with van der Waals surface area (Å²) in [5.41, 5.74) is 0. The van der Waals surface area contributed by atoms with Crippen molar-refractivity contribution in [3.05, 3.63) is 6.42 Å². The Bertz CT molecular complexity index is 196. The van der Waals surface area contributed by atoms with Gasteiger partial charge in [0.25, 0.3) is 0 Å². The van der Waals surface area contributed by atoms with Gasteiger partial charge in [-0.25, -0.2) is 0 Å². The maximum Gasteiger partial charge on any atom is 0.224 e. The Hall–Kier alpha value is -0.530. The first kappa shape index (κ1) is 10.0. The van der Waals surface area contributed by atoms with Crippen LogP contribution in [0.25, 0.3) is 0 Å². The van der Waals surface area contributed by atoms with E-state index in [1.54, 1.807) is 0 Å². The Labute approximate surface area is 86.5 Å². The molecule has 0 unspecified atom stereocenters. The normalized spacial score (nSPS) is 30.9. The molecule has 2 rings (SSSR count). The third-order valence-corrected chi connectivity index (χ3v) is 3.60. The summed E-state index contributed by atoms with van der Waals surface area (Å²) in [4.78, 5) is 11.4. The van der Waals surface area contributed by atoms with Gasteiger partial charge in [0, 0.05) is 12.5 Å². The third-order valence-electron chi connectivity index (χ3n) is 3.60. The van der Waals surface area contributed by atoms with E-state index in [1.165, 1.54) is 44.9 Å². The topological polar surface area (TPSA) is 29.1 Å². The molecule has 1 saturated heterocycles. The standard InChI is InChI=1S/C12H20NO/c14-12-9-5-4-8-11(13-12)10-6-2-1-3-7-10/h9-11H,1-8H2,(H,13,14)/t11-/m1/s1. The van der Waals surface area contributed by atoms with Gasteiger partial charge in [-0.1, -0.05) is 25.7 Å². The van der Waals surface area contributed by atoms with E-state index in [-0.39, 0.29) is 5.91 Å². The van der Waals surface area contributed by atoms with Crippen LogP contribution >= 0.6 is 0 Å². The quantitative estimate of drug-likeness (QED) is 0.682. The van der Waals surface area contributed by atoms with Crippen LogP contribution in [0.4, 0.5) is 0 Å². The number of amides is 1. The van der Waals surface area contributed by atoms with Gasteiger partial charge in [0.2, 0.25) is 5.91 Å². The van der Waals surface area contributed by atoms with Gasteiger partial charge in [0.15, 0.2) is 0 Å². The van der Waals surface area contributed by atoms with Gasteiger partial charge in [0.1, 0.15) is 0 Å². The summed E-state index contributed by atoms with van der Waals surface area (Å²) in [5, 5.41) is 3.15. The molecule has 1 aliphatic heterocycles. The van der Waals surface area contributed by atoms with Crippen LogP contribution in [0.15, 0.2) is 0 Å². The smallest absolute Gasteiger partial charge is 0.224 e. The minimum absolute atomic E-state index is 0.165. The average molecular weight is 194 g/mol. The summed E-state index contributed by atoms with van der Waals surface area (Å²) in [6.07, 6.45) is 11.9. The summed E-state index contributed by atoms with van der Waals surface area (Å²) in [6, 6.07) is 0.474. The Morgan fingerprint density at radius 3 is 2.64 bits per heavy atom. The van der Waals surface area contributed by atoms with Gasteiger partial charge in [0.05, 0.1) is 0 Å². The van der Waals surface area contributed by atoms with Crippen LogP contribution in [-0.2, 0) is 4.79 Å². The summed E-state index contributed by atoms with van der Waals surface area (Å²) >= 11 is 0. The molecule has 1 atom stereocenters. The van der Waals surface area contributed by atoms with E-state index in [2.05, 4.69) is 5.32 Å². The van der Waals surface area contributed by atoms with Crippen molar-refractivity contribution in [2.24, 2.45) is 5.92 Å². The van der Waals surface area contributed by atoms with E-state index in [0.717, 1.165) is 12.3 Å². The zero-order valence-electron chi connectivity index (χ0n) is 8.80. The lowest BCUT2D eigenvalue weighted by Gasteiger charge is -2.29. The van der Waals surface area contributed by atoms with Crippen LogP contribution < -0.4 is 5.32 Å². The van der Waals surface area contributed by atoms with Crippen LogP contribution in [0.2, 0.25) is 0 Å². The van der Waals surface area contributed by atoms with Crippen LogP contribution in [0.5, 0.6) is 0 Å². The fourth-order valence-electron chi connectivity index (χ4n) is 2.77. The van der Waals surface area contributed by atoms with Crippen molar-refractivity contribution in [2.75, 3.05) is 0 Å². The van der Waals surface area contributed by atoms with Gasteiger partial charge in [-0.05, 0) is 31.6 Å². The molecule has 14 heavy (non-hydrogen) atoms. The minimum Gasteiger partial charge on any atom is -0.353 e. The summed E-state index contributed by atoms with van der Waals surface area (Å²) in [6.45, 7) is 0. The fraction of sp³-hybridized carbons (Fsp3) is 0.833. The van der Waals surface area contributed by atoms with E-state index in [4.69, 9.17) is 0 Å². The summed E-state index contributed by atoms with van der Waals surface area (Å²) in [7, 11) is 0. The van der Waals surface area contributed by atoms with Crippen molar-refractivity contribution < 1.29 is 4.79 Å². The molecule has 0 aromatic carbocycles. The fourth-order valence-corrected chi connectivity index (χ4v) is 2.77. The van der Waals surface area contributed by atoms with Crippen LogP contribution in [0.1, 0.15) is 51.4 Å². The monoisotopic (exact) mass is 194 g/mol. The summed E-state index contributed by atoms with van der Waals surface area (Å²) in [5.74, 6) is 0.928. The molecule has 2 aliphatic rings. The molecule has 0 aromatic heterocycles. The predicted molar refractivity (Wildman–Crippen MR) is 56.7 cm³/mol. The maximum atomic E-state index is 11.4. The summed E-state index contributed by atoms with van der Waals surface area (Å²) < 4.78 is 0. The molecule has 2 fully saturated rings. The lowest BCUT2D eigenvalue weighted by molar-refractivity contribution is -0.118. The Morgan fingerprint density at radius 2 is 1.86 bits per heavy atom. The molecule has 0 aromatic rings. The second-order valence-corrected chi connectivity index (χ2v) is 4.65.